The maximum atomic E-state index is 12.7. The van der Waals surface area contributed by atoms with Crippen LogP contribution in [0.3, 0.4) is 0 Å². The van der Waals surface area contributed by atoms with Gasteiger partial charge >= 0.3 is 11.6 Å². The smallest absolute Gasteiger partial charge is 0.335 e. The molecule has 0 bridgehead atoms. The Morgan fingerprint density at radius 1 is 1.02 bits per heavy atom. The zero-order valence-corrected chi connectivity index (χ0v) is 25.1. The zero-order valence-electron chi connectivity index (χ0n) is 25.1. The van der Waals surface area contributed by atoms with Crippen LogP contribution in [0.1, 0.15) is 83.6 Å². The summed E-state index contributed by atoms with van der Waals surface area (Å²) >= 11 is 0. The Balaban J connectivity index is 1.21. The van der Waals surface area contributed by atoms with Crippen LogP contribution in [-0.4, -0.2) is 86.6 Å². The molecule has 2 heterocycles. The van der Waals surface area contributed by atoms with E-state index in [-0.39, 0.29) is 29.3 Å². The molecule has 11 heteroatoms. The zero-order chi connectivity index (χ0) is 30.9. The van der Waals surface area contributed by atoms with Crippen molar-refractivity contribution >= 4 is 5.97 Å². The van der Waals surface area contributed by atoms with Crippen LogP contribution < -0.4 is 5.63 Å². The Bertz CT molecular complexity index is 1230. The van der Waals surface area contributed by atoms with Gasteiger partial charge in [0.05, 0.1) is 24.6 Å². The van der Waals surface area contributed by atoms with E-state index in [1.165, 1.54) is 19.3 Å². The van der Waals surface area contributed by atoms with E-state index in [9.17, 15) is 35.1 Å². The number of aliphatic hydroxyl groups is 5. The second-order valence-electron chi connectivity index (χ2n) is 14.3. The predicted octanol–water partition coefficient (Wildman–Crippen LogP) is 1.61. The maximum Gasteiger partial charge on any atom is 0.335 e. The molecule has 5 fully saturated rings. The first-order chi connectivity index (χ1) is 20.3. The summed E-state index contributed by atoms with van der Waals surface area (Å²) in [7, 11) is 0. The topological polar surface area (TPSA) is 176 Å². The molecule has 240 valence electrons. The predicted molar refractivity (Wildman–Crippen MR) is 150 cm³/mol. The molecule has 4 aliphatic carbocycles. The molecule has 11 nitrogen and oxygen atoms in total. The minimum absolute atomic E-state index is 0.00851. The normalized spacial score (nSPS) is 49.4. The molecule has 0 aromatic carbocycles. The molecule has 6 rings (SSSR count). The molecular weight excluding hydrogens is 560 g/mol. The molecule has 14 atom stereocenters. The van der Waals surface area contributed by atoms with E-state index in [4.69, 9.17) is 18.6 Å². The van der Waals surface area contributed by atoms with Crippen LogP contribution in [0.2, 0.25) is 0 Å². The van der Waals surface area contributed by atoms with Gasteiger partial charge in [0, 0.05) is 30.7 Å². The highest BCUT2D eigenvalue weighted by Gasteiger charge is 2.70. The molecule has 1 aromatic rings. The van der Waals surface area contributed by atoms with Crippen molar-refractivity contribution in [2.24, 2.45) is 28.6 Å². The summed E-state index contributed by atoms with van der Waals surface area (Å²) < 4.78 is 22.9. The van der Waals surface area contributed by atoms with E-state index < -0.39 is 66.0 Å². The maximum absolute atomic E-state index is 12.7. The lowest BCUT2D eigenvalue weighted by molar-refractivity contribution is -0.317. The van der Waals surface area contributed by atoms with Crippen molar-refractivity contribution in [3.05, 3.63) is 34.4 Å². The van der Waals surface area contributed by atoms with Gasteiger partial charge in [0.25, 0.3) is 0 Å². The molecule has 1 aromatic heterocycles. The average Bonchev–Trinajstić information content (AvgIpc) is 3.19. The quantitative estimate of drug-likeness (QED) is 0.243. The minimum Gasteiger partial charge on any atom is -0.462 e. The first kappa shape index (κ1) is 31.1. The molecule has 1 unspecified atom stereocenters. The third-order valence-electron chi connectivity index (χ3n) is 12.4. The van der Waals surface area contributed by atoms with Gasteiger partial charge in [0.2, 0.25) is 0 Å². The van der Waals surface area contributed by atoms with Gasteiger partial charge in [0.1, 0.15) is 30.5 Å². The van der Waals surface area contributed by atoms with E-state index in [2.05, 4.69) is 13.8 Å². The fourth-order valence-electron chi connectivity index (χ4n) is 10.1. The van der Waals surface area contributed by atoms with Crippen molar-refractivity contribution in [1.29, 1.82) is 0 Å². The summed E-state index contributed by atoms with van der Waals surface area (Å²) in [5, 5.41) is 53.1. The van der Waals surface area contributed by atoms with Crippen LogP contribution in [0.15, 0.2) is 27.6 Å². The third-order valence-corrected chi connectivity index (χ3v) is 12.4. The highest BCUT2D eigenvalue weighted by Crippen LogP contribution is 2.71. The fraction of sp³-hybridized carbons (Fsp3) is 0.812. The van der Waals surface area contributed by atoms with E-state index in [1.54, 1.807) is 6.07 Å². The summed E-state index contributed by atoms with van der Waals surface area (Å²) in [6, 6.07) is 3.11. The van der Waals surface area contributed by atoms with E-state index in [0.29, 0.717) is 18.8 Å². The van der Waals surface area contributed by atoms with Gasteiger partial charge in [-0.15, -0.1) is 0 Å². The van der Waals surface area contributed by atoms with Gasteiger partial charge in [-0.25, -0.2) is 4.79 Å². The standard InChI is InChI=1S/C32H46O11/c1-16(34)41-22-13-32(39)21-6-5-18-12-19(42-29-28(38)27(37)26(36)23(14-33)43-29)8-10-30(18,2)20(21)9-11-31(32,3)25(22)17-4-7-24(35)40-15-17/h4,7,15,18-23,25-29,33,36-39H,5-6,8-14H2,1-3H3/t18?,19-,20+,21-,22+,23-,25+,26-,27+,28-,29-,30+,31-,32+/m1/s1. The summed E-state index contributed by atoms with van der Waals surface area (Å²) in [6.45, 7) is 5.31. The van der Waals surface area contributed by atoms with Crippen LogP contribution in [0.25, 0.3) is 0 Å². The van der Waals surface area contributed by atoms with Crippen LogP contribution in [0.5, 0.6) is 0 Å². The number of fused-ring (bicyclic) bond motifs is 5. The Hall–Kier alpha value is -1.86. The lowest BCUT2D eigenvalue weighted by Gasteiger charge is -2.63. The van der Waals surface area contributed by atoms with Gasteiger partial charge in [-0.05, 0) is 79.7 Å². The molecule has 1 saturated heterocycles. The van der Waals surface area contributed by atoms with Crippen LogP contribution in [0, 0.1) is 28.6 Å². The van der Waals surface area contributed by atoms with E-state index in [0.717, 1.165) is 44.1 Å². The monoisotopic (exact) mass is 606 g/mol. The minimum atomic E-state index is -1.48. The molecule has 4 saturated carbocycles. The summed E-state index contributed by atoms with van der Waals surface area (Å²) in [4.78, 5) is 23.9. The largest absolute Gasteiger partial charge is 0.462 e. The fourth-order valence-corrected chi connectivity index (χ4v) is 10.1. The summed E-state index contributed by atoms with van der Waals surface area (Å²) in [5.41, 5.74) is -1.40. The van der Waals surface area contributed by atoms with E-state index in [1.807, 2.05) is 0 Å². The van der Waals surface area contributed by atoms with Crippen LogP contribution in [0.4, 0.5) is 0 Å². The Morgan fingerprint density at radius 2 is 1.79 bits per heavy atom. The van der Waals surface area contributed by atoms with Crippen molar-refractivity contribution in [2.45, 2.75) is 127 Å². The number of carbonyl (C=O) groups excluding carboxylic acids is 1. The number of ether oxygens (including phenoxy) is 3. The Kier molecular flexibility index (Phi) is 8.10. The van der Waals surface area contributed by atoms with Crippen molar-refractivity contribution in [1.82, 2.24) is 0 Å². The molecule has 0 radical (unpaired) electrons. The second-order valence-corrected chi connectivity index (χ2v) is 14.3. The average molecular weight is 607 g/mol. The highest BCUT2D eigenvalue weighted by atomic mass is 16.7. The first-order valence-corrected chi connectivity index (χ1v) is 15.8. The SMILES string of the molecule is CC(=O)O[C@H]1C[C@]2(O)[C@@H]3CCC4C[C@H](O[C@@H]5O[C@H](CO)[C@@H](O)[C@H](O)[C@H]5O)CC[C@]4(C)[C@H]3CC[C@]2(C)[C@H]1c1ccc(=O)oc1. The van der Waals surface area contributed by atoms with Crippen molar-refractivity contribution in [3.63, 3.8) is 0 Å². The Morgan fingerprint density at radius 3 is 2.47 bits per heavy atom. The number of aliphatic hydroxyl groups excluding tert-OH is 4. The molecule has 1 aliphatic heterocycles. The number of rotatable bonds is 5. The summed E-state index contributed by atoms with van der Waals surface area (Å²) in [6.07, 6.45) is 0.190. The second kappa shape index (κ2) is 11.2. The number of hydrogen-bond donors (Lipinski definition) is 5. The van der Waals surface area contributed by atoms with Crippen LogP contribution in [-0.2, 0) is 19.0 Å². The van der Waals surface area contributed by atoms with E-state index >= 15 is 0 Å². The van der Waals surface area contributed by atoms with Gasteiger partial charge in [0.15, 0.2) is 6.29 Å². The highest BCUT2D eigenvalue weighted by molar-refractivity contribution is 5.66. The van der Waals surface area contributed by atoms with Crippen molar-refractivity contribution in [2.75, 3.05) is 6.61 Å². The van der Waals surface area contributed by atoms with Gasteiger partial charge in [-0.2, -0.15) is 0 Å². The van der Waals surface area contributed by atoms with Gasteiger partial charge in [-0.1, -0.05) is 13.8 Å². The number of carbonyl (C=O) groups is 1. The Labute approximate surface area is 251 Å². The third kappa shape index (κ3) is 4.90. The molecule has 5 N–H and O–H groups in total. The lowest BCUT2D eigenvalue weighted by Crippen LogP contribution is -2.62. The molecule has 43 heavy (non-hydrogen) atoms. The molecule has 0 amide bonds. The van der Waals surface area contributed by atoms with Crippen molar-refractivity contribution < 1.29 is 49.0 Å². The molecule has 0 spiro atoms. The summed E-state index contributed by atoms with van der Waals surface area (Å²) in [5.74, 6) is -0.129. The first-order valence-electron chi connectivity index (χ1n) is 15.8. The number of hydrogen-bond acceptors (Lipinski definition) is 11. The van der Waals surface area contributed by atoms with Gasteiger partial charge in [-0.3, -0.25) is 4.79 Å². The number of esters is 1. The molecular formula is C32H46O11. The lowest BCUT2D eigenvalue weighted by atomic mass is 9.43. The van der Waals surface area contributed by atoms with Gasteiger partial charge < -0.3 is 44.2 Å². The van der Waals surface area contributed by atoms with Crippen LogP contribution >= 0.6 is 0 Å². The van der Waals surface area contributed by atoms with Crippen molar-refractivity contribution in [3.8, 4) is 0 Å². The molecule has 5 aliphatic rings.